The van der Waals surface area contributed by atoms with E-state index >= 15 is 0 Å². The topological polar surface area (TPSA) is 26.3 Å². The average molecular weight is 212 g/mol. The number of rotatable bonds is 7. The van der Waals surface area contributed by atoms with Crippen molar-refractivity contribution < 1.29 is 9.53 Å². The van der Waals surface area contributed by atoms with Gasteiger partial charge in [-0.25, -0.2) is 0 Å². The molecule has 1 aliphatic rings. The molecule has 0 heterocycles. The third kappa shape index (κ3) is 5.31. The van der Waals surface area contributed by atoms with Crippen LogP contribution >= 0.6 is 0 Å². The fraction of sp³-hybridized carbons (Fsp3) is 0.923. The predicted molar refractivity (Wildman–Crippen MR) is 61.9 cm³/mol. The van der Waals surface area contributed by atoms with E-state index in [9.17, 15) is 4.79 Å². The molecule has 0 spiro atoms. The zero-order valence-corrected chi connectivity index (χ0v) is 9.91. The van der Waals surface area contributed by atoms with Crippen LogP contribution < -0.4 is 0 Å². The number of carbonyl (C=O) groups is 1. The SMILES string of the molecule is CCCCCOCC1CCC(C=O)CC1. The van der Waals surface area contributed by atoms with Gasteiger partial charge in [-0.15, -0.1) is 0 Å². The lowest BCUT2D eigenvalue weighted by Gasteiger charge is -2.25. The van der Waals surface area contributed by atoms with Crippen LogP contribution in [0.25, 0.3) is 0 Å². The molecular weight excluding hydrogens is 188 g/mol. The lowest BCUT2D eigenvalue weighted by molar-refractivity contribution is -0.112. The molecule has 0 aromatic rings. The summed E-state index contributed by atoms with van der Waals surface area (Å²) in [5.74, 6) is 1.05. The Hall–Kier alpha value is -0.370. The van der Waals surface area contributed by atoms with Gasteiger partial charge in [0.15, 0.2) is 0 Å². The summed E-state index contributed by atoms with van der Waals surface area (Å²) in [6.45, 7) is 4.04. The van der Waals surface area contributed by atoms with Gasteiger partial charge in [0, 0.05) is 19.1 Å². The first-order chi connectivity index (χ1) is 7.36. The Labute approximate surface area is 93.4 Å². The van der Waals surface area contributed by atoms with Crippen LogP contribution in [0.2, 0.25) is 0 Å². The van der Waals surface area contributed by atoms with Gasteiger partial charge in [-0.3, -0.25) is 0 Å². The van der Waals surface area contributed by atoms with Crippen LogP contribution in [0.1, 0.15) is 51.9 Å². The van der Waals surface area contributed by atoms with Crippen LogP contribution in [0.5, 0.6) is 0 Å². The molecule has 0 amide bonds. The maximum Gasteiger partial charge on any atom is 0.123 e. The van der Waals surface area contributed by atoms with Gasteiger partial charge in [-0.2, -0.15) is 0 Å². The summed E-state index contributed by atoms with van der Waals surface area (Å²) >= 11 is 0. The highest BCUT2D eigenvalue weighted by Crippen LogP contribution is 2.27. The van der Waals surface area contributed by atoms with Crippen molar-refractivity contribution in [3.8, 4) is 0 Å². The molecule has 1 fully saturated rings. The maximum absolute atomic E-state index is 10.6. The molecule has 0 radical (unpaired) electrons. The molecule has 0 aromatic carbocycles. The number of unbranched alkanes of at least 4 members (excludes halogenated alkanes) is 2. The molecule has 1 aliphatic carbocycles. The largest absolute Gasteiger partial charge is 0.381 e. The van der Waals surface area contributed by atoms with Crippen LogP contribution in [-0.4, -0.2) is 19.5 Å². The summed E-state index contributed by atoms with van der Waals surface area (Å²) in [6.07, 6.45) is 9.36. The summed E-state index contributed by atoms with van der Waals surface area (Å²) in [5.41, 5.74) is 0. The van der Waals surface area contributed by atoms with Crippen molar-refractivity contribution >= 4 is 6.29 Å². The fourth-order valence-corrected chi connectivity index (χ4v) is 2.20. The zero-order chi connectivity index (χ0) is 10.9. The minimum atomic E-state index is 0.335. The van der Waals surface area contributed by atoms with E-state index in [-0.39, 0.29) is 0 Å². The first kappa shape index (κ1) is 12.7. The van der Waals surface area contributed by atoms with Crippen LogP contribution in [0.4, 0.5) is 0 Å². The standard InChI is InChI=1S/C13H24O2/c1-2-3-4-9-15-11-13-7-5-12(10-14)6-8-13/h10,12-13H,2-9,11H2,1H3. The molecule has 0 unspecified atom stereocenters. The van der Waals surface area contributed by atoms with Crippen molar-refractivity contribution in [3.05, 3.63) is 0 Å². The molecule has 0 aliphatic heterocycles. The number of hydrogen-bond acceptors (Lipinski definition) is 2. The lowest BCUT2D eigenvalue weighted by atomic mass is 9.83. The third-order valence-electron chi connectivity index (χ3n) is 3.33. The van der Waals surface area contributed by atoms with Gasteiger partial charge in [0.25, 0.3) is 0 Å². The predicted octanol–water partition coefficient (Wildman–Crippen LogP) is 3.20. The summed E-state index contributed by atoms with van der Waals surface area (Å²) in [4.78, 5) is 10.6. The Balaban J connectivity index is 1.96. The van der Waals surface area contributed by atoms with Crippen molar-refractivity contribution in [2.45, 2.75) is 51.9 Å². The molecule has 2 heteroatoms. The van der Waals surface area contributed by atoms with Crippen molar-refractivity contribution in [3.63, 3.8) is 0 Å². The second kappa shape index (κ2) is 7.86. The highest BCUT2D eigenvalue weighted by atomic mass is 16.5. The quantitative estimate of drug-likeness (QED) is 0.478. The van der Waals surface area contributed by atoms with E-state index in [1.54, 1.807) is 0 Å². The Bertz CT molecular complexity index is 160. The monoisotopic (exact) mass is 212 g/mol. The Morgan fingerprint density at radius 2 is 1.93 bits per heavy atom. The maximum atomic E-state index is 10.6. The molecule has 15 heavy (non-hydrogen) atoms. The van der Waals surface area contributed by atoms with Gasteiger partial charge in [-0.05, 0) is 38.0 Å². The third-order valence-corrected chi connectivity index (χ3v) is 3.33. The summed E-state index contributed by atoms with van der Waals surface area (Å²) in [7, 11) is 0. The van der Waals surface area contributed by atoms with Crippen LogP contribution in [0, 0.1) is 11.8 Å². The second-order valence-electron chi connectivity index (χ2n) is 4.70. The number of hydrogen-bond donors (Lipinski definition) is 0. The van der Waals surface area contributed by atoms with Crippen molar-refractivity contribution in [2.24, 2.45) is 11.8 Å². The summed E-state index contributed by atoms with van der Waals surface area (Å²) in [5, 5.41) is 0. The van der Waals surface area contributed by atoms with E-state index in [1.807, 2.05) is 0 Å². The Morgan fingerprint density at radius 1 is 1.20 bits per heavy atom. The molecule has 1 saturated carbocycles. The second-order valence-corrected chi connectivity index (χ2v) is 4.70. The van der Waals surface area contributed by atoms with Crippen molar-refractivity contribution in [1.82, 2.24) is 0 Å². The van der Waals surface area contributed by atoms with Crippen LogP contribution in [-0.2, 0) is 9.53 Å². The van der Waals surface area contributed by atoms with Gasteiger partial charge >= 0.3 is 0 Å². The molecule has 88 valence electrons. The number of carbonyl (C=O) groups excluding carboxylic acids is 1. The lowest BCUT2D eigenvalue weighted by Crippen LogP contribution is -2.19. The average Bonchev–Trinajstić information content (AvgIpc) is 2.30. The van der Waals surface area contributed by atoms with Gasteiger partial charge in [0.05, 0.1) is 0 Å². The molecule has 2 nitrogen and oxygen atoms in total. The fourth-order valence-electron chi connectivity index (χ4n) is 2.20. The van der Waals surface area contributed by atoms with E-state index in [0.29, 0.717) is 11.8 Å². The van der Waals surface area contributed by atoms with Crippen molar-refractivity contribution in [2.75, 3.05) is 13.2 Å². The van der Waals surface area contributed by atoms with Gasteiger partial charge in [0.1, 0.15) is 6.29 Å². The van der Waals surface area contributed by atoms with Crippen LogP contribution in [0.3, 0.4) is 0 Å². The molecule has 0 bridgehead atoms. The molecule has 0 saturated heterocycles. The first-order valence-corrected chi connectivity index (χ1v) is 6.39. The molecular formula is C13H24O2. The summed E-state index contributed by atoms with van der Waals surface area (Å²) < 4.78 is 5.66. The minimum Gasteiger partial charge on any atom is -0.381 e. The normalized spacial score (nSPS) is 26.5. The molecule has 0 atom stereocenters. The highest BCUT2D eigenvalue weighted by molar-refractivity contribution is 5.53. The van der Waals surface area contributed by atoms with E-state index < -0.39 is 0 Å². The van der Waals surface area contributed by atoms with Gasteiger partial charge in [0.2, 0.25) is 0 Å². The van der Waals surface area contributed by atoms with Gasteiger partial charge < -0.3 is 9.53 Å². The number of ether oxygens (including phenoxy) is 1. The minimum absolute atomic E-state index is 0.335. The van der Waals surface area contributed by atoms with E-state index in [4.69, 9.17) is 4.74 Å². The Kier molecular flexibility index (Phi) is 6.66. The van der Waals surface area contributed by atoms with Gasteiger partial charge in [-0.1, -0.05) is 19.8 Å². The molecule has 1 rings (SSSR count). The zero-order valence-electron chi connectivity index (χ0n) is 9.91. The van der Waals surface area contributed by atoms with E-state index in [1.165, 1.54) is 32.1 Å². The smallest absolute Gasteiger partial charge is 0.123 e. The molecule has 0 aromatic heterocycles. The highest BCUT2D eigenvalue weighted by Gasteiger charge is 2.20. The van der Waals surface area contributed by atoms with E-state index in [0.717, 1.165) is 32.3 Å². The van der Waals surface area contributed by atoms with Crippen molar-refractivity contribution in [1.29, 1.82) is 0 Å². The first-order valence-electron chi connectivity index (χ1n) is 6.39. The number of aldehydes is 1. The summed E-state index contributed by atoms with van der Waals surface area (Å²) in [6, 6.07) is 0. The van der Waals surface area contributed by atoms with Crippen LogP contribution in [0.15, 0.2) is 0 Å². The Morgan fingerprint density at radius 3 is 2.53 bits per heavy atom. The molecule has 0 N–H and O–H groups in total. The van der Waals surface area contributed by atoms with E-state index in [2.05, 4.69) is 6.92 Å².